The minimum absolute atomic E-state index is 0.181. The lowest BCUT2D eigenvalue weighted by Gasteiger charge is -2.04. The van der Waals surface area contributed by atoms with Crippen LogP contribution in [-0.4, -0.2) is 27.4 Å². The van der Waals surface area contributed by atoms with Crippen LogP contribution in [0.15, 0.2) is 28.8 Å². The summed E-state index contributed by atoms with van der Waals surface area (Å²) in [5.41, 5.74) is 2.20. The summed E-state index contributed by atoms with van der Waals surface area (Å²) in [5, 5.41) is 3.99. The van der Waals surface area contributed by atoms with Crippen molar-refractivity contribution >= 4 is 17.5 Å². The van der Waals surface area contributed by atoms with E-state index in [0.29, 0.717) is 23.4 Å². The number of nitrogens with zero attached hydrogens (tertiary/aromatic N) is 2. The van der Waals surface area contributed by atoms with E-state index >= 15 is 0 Å². The Morgan fingerprint density at radius 2 is 2.05 bits per heavy atom. The molecular weight excluding hydrogens is 272 g/mol. The first-order valence-corrected chi connectivity index (χ1v) is 7.85. The van der Waals surface area contributed by atoms with Crippen LogP contribution in [0.2, 0.25) is 0 Å². The first kappa shape index (κ1) is 13.4. The highest BCUT2D eigenvalue weighted by Gasteiger charge is 2.31. The number of carbonyl (C=O) groups excluding carboxylic acids is 1. The molecule has 0 aliphatic carbocycles. The summed E-state index contributed by atoms with van der Waals surface area (Å²) in [4.78, 5) is 16.1. The first-order valence-electron chi connectivity index (χ1n) is 6.69. The molecule has 104 valence electrons. The van der Waals surface area contributed by atoms with Crippen LogP contribution in [0, 0.1) is 0 Å². The van der Waals surface area contributed by atoms with E-state index in [-0.39, 0.29) is 11.7 Å². The number of thioether (sulfide) groups is 1. The summed E-state index contributed by atoms with van der Waals surface area (Å²) < 4.78 is 5.26. The molecule has 1 aliphatic heterocycles. The van der Waals surface area contributed by atoms with E-state index in [1.807, 2.05) is 12.1 Å². The third kappa shape index (κ3) is 2.50. The van der Waals surface area contributed by atoms with E-state index in [0.717, 1.165) is 11.3 Å². The summed E-state index contributed by atoms with van der Waals surface area (Å²) in [6, 6.07) is 8.14. The van der Waals surface area contributed by atoms with Gasteiger partial charge in [0.1, 0.15) is 5.92 Å². The number of Topliss-reactive ketones (excluding diaryl/α,β-unsaturated/α-hetero) is 1. The average molecular weight is 288 g/mol. The van der Waals surface area contributed by atoms with Crippen molar-refractivity contribution in [2.75, 3.05) is 11.5 Å². The van der Waals surface area contributed by atoms with Crippen LogP contribution in [0.25, 0.3) is 11.4 Å². The first-order chi connectivity index (χ1) is 9.65. The van der Waals surface area contributed by atoms with Gasteiger partial charge in [-0.25, -0.2) is 0 Å². The molecule has 1 unspecified atom stereocenters. The molecule has 1 aromatic heterocycles. The largest absolute Gasteiger partial charge is 0.338 e. The molecule has 1 atom stereocenters. The van der Waals surface area contributed by atoms with Crippen molar-refractivity contribution in [2.45, 2.75) is 25.7 Å². The maximum absolute atomic E-state index is 11.7. The van der Waals surface area contributed by atoms with Gasteiger partial charge in [0.15, 0.2) is 5.78 Å². The van der Waals surface area contributed by atoms with Gasteiger partial charge in [0.25, 0.3) is 0 Å². The maximum atomic E-state index is 11.7. The molecule has 0 radical (unpaired) electrons. The Kier molecular flexibility index (Phi) is 3.61. The monoisotopic (exact) mass is 288 g/mol. The van der Waals surface area contributed by atoms with Crippen molar-refractivity contribution in [3.05, 3.63) is 35.7 Å². The molecule has 0 amide bonds. The van der Waals surface area contributed by atoms with Crippen LogP contribution in [0.1, 0.15) is 37.1 Å². The Labute approximate surface area is 122 Å². The molecule has 0 spiro atoms. The number of carbonyl (C=O) groups is 1. The molecule has 5 heteroatoms. The quantitative estimate of drug-likeness (QED) is 0.867. The van der Waals surface area contributed by atoms with Gasteiger partial charge >= 0.3 is 0 Å². The average Bonchev–Trinajstić information content (AvgIpc) is 3.07. The smallest absolute Gasteiger partial charge is 0.238 e. The Morgan fingerprint density at radius 3 is 2.65 bits per heavy atom. The standard InChI is InChI=1S/C15H16N2O2S/c1-9(2)10-3-5-11(6-4-10)14-16-15(19-17-14)12-7-20-8-13(12)18/h3-6,9,12H,7-8H2,1-2H3. The molecule has 0 N–H and O–H groups in total. The number of hydrogen-bond donors (Lipinski definition) is 0. The van der Waals surface area contributed by atoms with Gasteiger partial charge in [-0.2, -0.15) is 16.7 Å². The normalized spacial score (nSPS) is 18.9. The highest BCUT2D eigenvalue weighted by molar-refractivity contribution is 8.00. The molecule has 0 saturated carbocycles. The molecule has 3 rings (SSSR count). The third-order valence-corrected chi connectivity index (χ3v) is 4.55. The molecule has 2 aromatic rings. The summed E-state index contributed by atoms with van der Waals surface area (Å²) in [6.07, 6.45) is 0. The molecule has 1 aliphatic rings. The van der Waals surface area contributed by atoms with Gasteiger partial charge in [-0.15, -0.1) is 0 Å². The van der Waals surface area contributed by atoms with E-state index in [1.54, 1.807) is 11.8 Å². The van der Waals surface area contributed by atoms with Crippen LogP contribution in [0.4, 0.5) is 0 Å². The molecule has 20 heavy (non-hydrogen) atoms. The van der Waals surface area contributed by atoms with Gasteiger partial charge in [-0.05, 0) is 11.5 Å². The summed E-state index contributed by atoms with van der Waals surface area (Å²) in [6.45, 7) is 4.32. The minimum atomic E-state index is -0.226. The van der Waals surface area contributed by atoms with E-state index in [1.165, 1.54) is 5.56 Å². The van der Waals surface area contributed by atoms with Crippen molar-refractivity contribution in [3.63, 3.8) is 0 Å². The van der Waals surface area contributed by atoms with E-state index in [4.69, 9.17) is 4.52 Å². The van der Waals surface area contributed by atoms with Gasteiger partial charge in [0.05, 0.1) is 5.75 Å². The van der Waals surface area contributed by atoms with Crippen molar-refractivity contribution in [1.82, 2.24) is 10.1 Å². The molecule has 1 aromatic carbocycles. The van der Waals surface area contributed by atoms with Crippen LogP contribution in [-0.2, 0) is 4.79 Å². The zero-order valence-electron chi connectivity index (χ0n) is 11.5. The van der Waals surface area contributed by atoms with Crippen molar-refractivity contribution in [3.8, 4) is 11.4 Å². The number of ketones is 1. The van der Waals surface area contributed by atoms with Crippen molar-refractivity contribution in [1.29, 1.82) is 0 Å². The van der Waals surface area contributed by atoms with Crippen LogP contribution in [0.5, 0.6) is 0 Å². The number of aromatic nitrogens is 2. The fraction of sp³-hybridized carbons (Fsp3) is 0.400. The zero-order valence-corrected chi connectivity index (χ0v) is 12.3. The number of hydrogen-bond acceptors (Lipinski definition) is 5. The van der Waals surface area contributed by atoms with E-state index < -0.39 is 0 Å². The van der Waals surface area contributed by atoms with Gasteiger partial charge < -0.3 is 4.52 Å². The van der Waals surface area contributed by atoms with Crippen molar-refractivity contribution < 1.29 is 9.32 Å². The predicted octanol–water partition coefficient (Wildman–Crippen LogP) is 3.26. The Morgan fingerprint density at radius 1 is 1.30 bits per heavy atom. The number of benzene rings is 1. The Hall–Kier alpha value is -1.62. The topological polar surface area (TPSA) is 56.0 Å². The molecule has 2 heterocycles. The highest BCUT2D eigenvalue weighted by atomic mass is 32.2. The summed E-state index contributed by atoms with van der Waals surface area (Å²) in [5.74, 6) is 2.75. The zero-order chi connectivity index (χ0) is 14.1. The van der Waals surface area contributed by atoms with Gasteiger partial charge in [0, 0.05) is 11.3 Å². The SMILES string of the molecule is CC(C)c1ccc(-c2noc(C3CSCC3=O)n2)cc1. The maximum Gasteiger partial charge on any atom is 0.238 e. The predicted molar refractivity (Wildman–Crippen MR) is 78.9 cm³/mol. The Bertz CT molecular complexity index is 619. The van der Waals surface area contributed by atoms with E-state index in [2.05, 4.69) is 36.1 Å². The van der Waals surface area contributed by atoms with Crippen LogP contribution < -0.4 is 0 Å². The minimum Gasteiger partial charge on any atom is -0.338 e. The summed E-state index contributed by atoms with van der Waals surface area (Å²) >= 11 is 1.62. The molecule has 0 bridgehead atoms. The molecule has 4 nitrogen and oxygen atoms in total. The molecule has 1 saturated heterocycles. The van der Waals surface area contributed by atoms with E-state index in [9.17, 15) is 4.79 Å². The fourth-order valence-corrected chi connectivity index (χ4v) is 3.28. The second-order valence-electron chi connectivity index (χ2n) is 5.27. The molecule has 1 fully saturated rings. The van der Waals surface area contributed by atoms with Crippen LogP contribution >= 0.6 is 11.8 Å². The third-order valence-electron chi connectivity index (χ3n) is 3.49. The summed E-state index contributed by atoms with van der Waals surface area (Å²) in [7, 11) is 0. The van der Waals surface area contributed by atoms with Gasteiger partial charge in [0.2, 0.25) is 11.7 Å². The van der Waals surface area contributed by atoms with Gasteiger partial charge in [-0.3, -0.25) is 4.79 Å². The lowest BCUT2D eigenvalue weighted by Crippen LogP contribution is -2.09. The van der Waals surface area contributed by atoms with Gasteiger partial charge in [-0.1, -0.05) is 43.3 Å². The lowest BCUT2D eigenvalue weighted by molar-refractivity contribution is -0.117. The second kappa shape index (κ2) is 5.40. The van der Waals surface area contributed by atoms with Crippen molar-refractivity contribution in [2.24, 2.45) is 0 Å². The highest BCUT2D eigenvalue weighted by Crippen LogP contribution is 2.30. The Balaban J connectivity index is 1.84. The lowest BCUT2D eigenvalue weighted by atomic mass is 10.0. The fourth-order valence-electron chi connectivity index (χ4n) is 2.19. The molecular formula is C15H16N2O2S. The number of rotatable bonds is 3. The van der Waals surface area contributed by atoms with Crippen LogP contribution in [0.3, 0.4) is 0 Å². The second-order valence-corrected chi connectivity index (χ2v) is 6.30.